The summed E-state index contributed by atoms with van der Waals surface area (Å²) in [4.78, 5) is 68.3. The van der Waals surface area contributed by atoms with E-state index in [-0.39, 0.29) is 26.2 Å². The number of ether oxygens (including phenoxy) is 10. The highest BCUT2D eigenvalue weighted by Gasteiger charge is 2.73. The van der Waals surface area contributed by atoms with E-state index in [1.165, 1.54) is 75.1 Å². The van der Waals surface area contributed by atoms with Crippen LogP contribution in [0.4, 0.5) is 0 Å². The summed E-state index contributed by atoms with van der Waals surface area (Å²) in [7, 11) is 9.05. The molecule has 61 heavy (non-hydrogen) atoms. The smallest absolute Gasteiger partial charge is 0.420 e. The Labute approximate surface area is 358 Å². The van der Waals surface area contributed by atoms with Gasteiger partial charge in [0.2, 0.25) is 11.5 Å². The Kier molecular flexibility index (Phi) is 12.2. The van der Waals surface area contributed by atoms with Gasteiger partial charge >= 0.3 is 35.7 Å². The third kappa shape index (κ3) is 7.94. The van der Waals surface area contributed by atoms with Crippen LogP contribution in [0.3, 0.4) is 0 Å². The number of esters is 4. The fourth-order valence-electron chi connectivity index (χ4n) is 7.18. The topological polar surface area (TPSA) is 193 Å². The first-order valence-corrected chi connectivity index (χ1v) is 20.3. The van der Waals surface area contributed by atoms with Crippen molar-refractivity contribution in [3.05, 3.63) is 69.7 Å². The van der Waals surface area contributed by atoms with E-state index in [1.54, 1.807) is 38.1 Å². The minimum atomic E-state index is -2.71. The molecule has 3 aliphatic heterocycles. The van der Waals surface area contributed by atoms with E-state index in [9.17, 15) is 19.2 Å². The first kappa shape index (κ1) is 42.9. The molecule has 7 rings (SSSR count). The molecule has 0 aliphatic carbocycles. The first-order chi connectivity index (χ1) is 29.3. The second-order valence-corrected chi connectivity index (χ2v) is 15.8. The van der Waals surface area contributed by atoms with E-state index in [1.807, 2.05) is 0 Å². The predicted molar refractivity (Wildman–Crippen MR) is 217 cm³/mol. The van der Waals surface area contributed by atoms with Crippen molar-refractivity contribution < 1.29 is 66.5 Å². The fraction of sp³-hybridized carbons (Fsp3) is 0.366. The molecule has 0 amide bonds. The van der Waals surface area contributed by atoms with Crippen LogP contribution >= 0.6 is 22.7 Å². The van der Waals surface area contributed by atoms with Gasteiger partial charge in [-0.15, -0.1) is 22.7 Å². The number of nitrogens with zero attached hydrogens (tertiary/aromatic N) is 4. The van der Waals surface area contributed by atoms with Crippen LogP contribution in [0.5, 0.6) is 34.5 Å². The van der Waals surface area contributed by atoms with E-state index in [2.05, 4.69) is 0 Å². The summed E-state index contributed by atoms with van der Waals surface area (Å²) in [5, 5.41) is 1.15. The summed E-state index contributed by atoms with van der Waals surface area (Å²) in [6.45, 7) is 3.57. The zero-order chi connectivity index (χ0) is 43.6. The lowest BCUT2D eigenvalue weighted by atomic mass is 10.2. The average molecular weight is 879 g/mol. The standard InChI is InChI=1S/C41H42N4O14S2/c1-22-30(60-38(42-22)24-16-26(50-3)36(54-7)27(17-24)51-4)20-44-14-9-15-45(21-31-23(2)43-39(61-31)25-18-28(52-5)37(55-8)29(19-25)53-6)41(58-34(48)12-13-35(49)59-41)40(44)56-32(46)10-11-33(47)57-40/h10-13,16-19H,9,14-15,20-21H2,1-8H3. The van der Waals surface area contributed by atoms with Gasteiger partial charge in [-0.25, -0.2) is 38.9 Å². The number of hydrogen-bond acceptors (Lipinski definition) is 20. The number of benzene rings is 2. The van der Waals surface area contributed by atoms with Gasteiger partial charge in [-0.2, -0.15) is 0 Å². The molecule has 4 aromatic rings. The van der Waals surface area contributed by atoms with E-state index in [0.29, 0.717) is 83.2 Å². The SMILES string of the molecule is COc1cc(-c2nc(C)c(CN3CCCN(Cc4sc(-c5cc(OC)c(OC)c(OC)c5)nc4C)C4(OC(=O)C=CC(=O)O4)C34OC(=O)C=CC(=O)O4)s2)cc(OC)c1OC. The lowest BCUT2D eigenvalue weighted by molar-refractivity contribution is -0.445. The highest BCUT2D eigenvalue weighted by atomic mass is 32.1. The predicted octanol–water partition coefficient (Wildman–Crippen LogP) is 4.93. The van der Waals surface area contributed by atoms with Gasteiger partial charge < -0.3 is 47.4 Å². The largest absolute Gasteiger partial charge is 0.493 e. The molecule has 20 heteroatoms. The molecule has 0 N–H and O–H groups in total. The van der Waals surface area contributed by atoms with E-state index < -0.39 is 35.7 Å². The Morgan fingerprint density at radius 1 is 0.541 bits per heavy atom. The van der Waals surface area contributed by atoms with Crippen LogP contribution in [0, 0.1) is 13.8 Å². The summed E-state index contributed by atoms with van der Waals surface area (Å²) in [6, 6.07) is 7.04. The van der Waals surface area contributed by atoms with Crippen molar-refractivity contribution in [1.82, 2.24) is 19.8 Å². The zero-order valence-electron chi connectivity index (χ0n) is 34.5. The third-order valence-corrected chi connectivity index (χ3v) is 12.4. The summed E-state index contributed by atoms with van der Waals surface area (Å²) in [5.41, 5.74) is 2.48. The van der Waals surface area contributed by atoms with Crippen molar-refractivity contribution in [2.24, 2.45) is 0 Å². The number of carbonyl (C=O) groups excluding carboxylic acids is 4. The molecule has 0 unspecified atom stereocenters. The minimum absolute atomic E-state index is 0.0799. The van der Waals surface area contributed by atoms with Crippen molar-refractivity contribution in [3.63, 3.8) is 0 Å². The number of fused-ring (bicyclic) bond motifs is 1. The number of rotatable bonds is 12. The number of methoxy groups -OCH3 is 6. The Morgan fingerprint density at radius 2 is 0.852 bits per heavy atom. The summed E-state index contributed by atoms with van der Waals surface area (Å²) in [5.74, 6) is -7.05. The molecule has 0 radical (unpaired) electrons. The summed E-state index contributed by atoms with van der Waals surface area (Å²) >= 11 is 2.60. The van der Waals surface area contributed by atoms with Crippen molar-refractivity contribution in [2.45, 2.75) is 45.2 Å². The highest BCUT2D eigenvalue weighted by Crippen LogP contribution is 2.48. The van der Waals surface area contributed by atoms with Crippen molar-refractivity contribution in [3.8, 4) is 55.6 Å². The second-order valence-electron chi connectivity index (χ2n) is 13.6. The molecule has 2 aromatic carbocycles. The first-order valence-electron chi connectivity index (χ1n) is 18.6. The molecule has 0 saturated carbocycles. The van der Waals surface area contributed by atoms with Gasteiger partial charge in [-0.1, -0.05) is 0 Å². The maximum Gasteiger partial charge on any atom is 0.420 e. The lowest BCUT2D eigenvalue weighted by Gasteiger charge is -2.50. The van der Waals surface area contributed by atoms with Gasteiger partial charge in [0.15, 0.2) is 23.0 Å². The molecule has 3 aliphatic rings. The van der Waals surface area contributed by atoms with Crippen LogP contribution in [0.1, 0.15) is 27.6 Å². The molecule has 18 nitrogen and oxygen atoms in total. The number of thiazole rings is 2. The van der Waals surface area contributed by atoms with Crippen LogP contribution in [-0.2, 0) is 51.2 Å². The van der Waals surface area contributed by atoms with Gasteiger partial charge in [-0.05, 0) is 44.5 Å². The van der Waals surface area contributed by atoms with Gasteiger partial charge in [0.1, 0.15) is 10.0 Å². The van der Waals surface area contributed by atoms with Crippen LogP contribution in [0.15, 0.2) is 48.6 Å². The highest BCUT2D eigenvalue weighted by molar-refractivity contribution is 7.15. The van der Waals surface area contributed by atoms with Crippen molar-refractivity contribution >= 4 is 46.6 Å². The second kappa shape index (κ2) is 17.4. The fourth-order valence-corrected chi connectivity index (χ4v) is 9.31. The van der Waals surface area contributed by atoms with Gasteiger partial charge in [-0.3, -0.25) is 0 Å². The Hall–Kier alpha value is -6.22. The normalized spacial score (nSPS) is 17.4. The van der Waals surface area contributed by atoms with E-state index in [4.69, 9.17) is 57.3 Å². The molecule has 2 spiro atoms. The maximum atomic E-state index is 13.6. The van der Waals surface area contributed by atoms with Crippen LogP contribution in [-0.4, -0.2) is 111 Å². The Bertz CT molecular complexity index is 2190. The molecular weight excluding hydrogens is 837 g/mol. The van der Waals surface area contributed by atoms with Gasteiger partial charge in [0, 0.05) is 71.4 Å². The van der Waals surface area contributed by atoms with E-state index >= 15 is 0 Å². The van der Waals surface area contributed by atoms with Crippen LogP contribution < -0.4 is 28.4 Å². The maximum absolute atomic E-state index is 13.6. The molecule has 2 aromatic heterocycles. The van der Waals surface area contributed by atoms with Gasteiger partial charge in [0.05, 0.1) is 54.0 Å². The molecule has 0 atom stereocenters. The van der Waals surface area contributed by atoms with Gasteiger partial charge in [0.25, 0.3) is 0 Å². The Morgan fingerprint density at radius 3 is 1.13 bits per heavy atom. The summed E-state index contributed by atoms with van der Waals surface area (Å²) in [6.07, 6.45) is 3.84. The van der Waals surface area contributed by atoms with Crippen LogP contribution in [0.25, 0.3) is 21.1 Å². The lowest BCUT2D eigenvalue weighted by Crippen LogP contribution is -2.75. The number of aryl methyl sites for hydroxylation is 2. The molecule has 1 saturated heterocycles. The monoisotopic (exact) mass is 878 g/mol. The molecule has 1 fully saturated rings. The molecular formula is C41H42N4O14S2. The molecule has 322 valence electrons. The van der Waals surface area contributed by atoms with Crippen LogP contribution in [0.2, 0.25) is 0 Å². The minimum Gasteiger partial charge on any atom is -0.493 e. The average Bonchev–Trinajstić information content (AvgIpc) is 3.67. The molecule has 5 heterocycles. The van der Waals surface area contributed by atoms with E-state index in [0.717, 1.165) is 24.3 Å². The Balaban J connectivity index is 1.34. The summed E-state index contributed by atoms with van der Waals surface area (Å²) < 4.78 is 57.7. The van der Waals surface area contributed by atoms with Crippen molar-refractivity contribution in [1.29, 1.82) is 0 Å². The zero-order valence-corrected chi connectivity index (χ0v) is 36.1. The number of aromatic nitrogens is 2. The number of carbonyl (C=O) groups is 4. The third-order valence-electron chi connectivity index (χ3n) is 10.0. The number of hydrogen-bond donors (Lipinski definition) is 0. The van der Waals surface area contributed by atoms with Crippen molar-refractivity contribution in [2.75, 3.05) is 55.7 Å². The quantitative estimate of drug-likeness (QED) is 0.174. The molecule has 0 bridgehead atoms.